The van der Waals surface area contributed by atoms with Crippen LogP contribution >= 0.6 is 15.9 Å². The highest BCUT2D eigenvalue weighted by molar-refractivity contribution is 9.11. The molecule has 4 aliphatic rings. The zero-order valence-electron chi connectivity index (χ0n) is 9.06. The Morgan fingerprint density at radius 3 is 1.75 bits per heavy atom. The fraction of sp³-hybridized carbons (Fsp3) is 0.545. The molecular formula is C11H15BrN2O2. The summed E-state index contributed by atoms with van der Waals surface area (Å²) in [5, 5.41) is 0. The van der Waals surface area contributed by atoms with Crippen molar-refractivity contribution in [3.05, 3.63) is 22.9 Å². The zero-order valence-corrected chi connectivity index (χ0v) is 10.6. The molecule has 0 aliphatic carbocycles. The molecule has 0 spiro atoms. The lowest BCUT2D eigenvalue weighted by Gasteiger charge is -2.41. The molecule has 4 rings (SSSR count). The van der Waals surface area contributed by atoms with Gasteiger partial charge in [-0.1, -0.05) is 15.9 Å². The minimum Gasteiger partial charge on any atom is -0.423 e. The molecule has 0 amide bonds. The quantitative estimate of drug-likeness (QED) is 0.621. The molecule has 16 heavy (non-hydrogen) atoms. The molecule has 0 atom stereocenters. The summed E-state index contributed by atoms with van der Waals surface area (Å²) in [7, 11) is 0. The van der Waals surface area contributed by atoms with Gasteiger partial charge in [0.15, 0.2) is 0 Å². The molecule has 0 radical (unpaired) electrons. The first-order valence-corrected chi connectivity index (χ1v) is 6.34. The van der Waals surface area contributed by atoms with Gasteiger partial charge in [-0.05, 0) is 6.08 Å². The number of halogens is 1. The lowest BCUT2D eigenvalue weighted by molar-refractivity contribution is -0.132. The second-order valence-electron chi connectivity index (χ2n) is 3.95. The Hall–Kier alpha value is -0.650. The Morgan fingerprint density at radius 2 is 1.56 bits per heavy atom. The predicted molar refractivity (Wildman–Crippen MR) is 65.1 cm³/mol. The van der Waals surface area contributed by atoms with Gasteiger partial charge in [-0.25, -0.2) is 4.79 Å². The Kier molecular flexibility index (Phi) is 4.15. The second kappa shape index (κ2) is 5.61. The number of hydrogen-bond acceptors (Lipinski definition) is 4. The number of ether oxygens (including phenoxy) is 1. The van der Waals surface area contributed by atoms with Crippen LogP contribution in [0.15, 0.2) is 22.9 Å². The summed E-state index contributed by atoms with van der Waals surface area (Å²) in [4.78, 5) is 16.9. The van der Waals surface area contributed by atoms with Gasteiger partial charge in [0.25, 0.3) is 0 Å². The molecule has 4 heterocycles. The first kappa shape index (κ1) is 11.8. The first-order valence-electron chi connectivity index (χ1n) is 5.43. The largest absolute Gasteiger partial charge is 0.423 e. The third kappa shape index (κ3) is 3.17. The number of allylic oxidation sites excluding steroid dienone is 1. The summed E-state index contributed by atoms with van der Waals surface area (Å²) in [6.07, 6.45) is 2.96. The van der Waals surface area contributed by atoms with Crippen LogP contribution in [-0.2, 0) is 9.53 Å². The van der Waals surface area contributed by atoms with Gasteiger partial charge in [-0.3, -0.25) is 9.80 Å². The molecule has 0 aromatic heterocycles. The van der Waals surface area contributed by atoms with E-state index in [1.807, 2.05) is 0 Å². The van der Waals surface area contributed by atoms with Crippen molar-refractivity contribution in [1.82, 2.24) is 9.80 Å². The molecule has 0 unspecified atom stereocenters. The standard InChI is InChI=1S/C6H12N2.C5H3BrO2/c1-2-8-5-3-7(1)4-6-8;6-3-4-1-2-5(7)8-4/h1-6H2;1-3H. The van der Waals surface area contributed by atoms with E-state index in [0.717, 1.165) is 0 Å². The van der Waals surface area contributed by atoms with Crippen molar-refractivity contribution in [3.8, 4) is 0 Å². The molecule has 3 fully saturated rings. The number of carbonyl (C=O) groups excluding carboxylic acids is 1. The zero-order chi connectivity index (χ0) is 11.4. The van der Waals surface area contributed by atoms with Crippen molar-refractivity contribution < 1.29 is 9.53 Å². The second-order valence-corrected chi connectivity index (χ2v) is 4.41. The number of hydrogen-bond donors (Lipinski definition) is 0. The van der Waals surface area contributed by atoms with E-state index in [1.165, 1.54) is 45.3 Å². The molecule has 0 saturated carbocycles. The molecule has 4 nitrogen and oxygen atoms in total. The molecule has 2 bridgehead atoms. The van der Waals surface area contributed by atoms with Gasteiger partial charge in [-0.15, -0.1) is 0 Å². The molecule has 5 heteroatoms. The van der Waals surface area contributed by atoms with Crippen LogP contribution in [0, 0.1) is 0 Å². The highest BCUT2D eigenvalue weighted by atomic mass is 79.9. The van der Waals surface area contributed by atoms with E-state index < -0.39 is 0 Å². The first-order chi connectivity index (χ1) is 7.78. The van der Waals surface area contributed by atoms with E-state index in [0.29, 0.717) is 5.76 Å². The SMILES string of the molecule is C1CN2CCN1CC2.O=C1C=CC(=CBr)O1. The molecule has 4 aliphatic heterocycles. The maximum absolute atomic E-state index is 10.2. The summed E-state index contributed by atoms with van der Waals surface area (Å²) in [6, 6.07) is 0. The Bertz CT molecular complexity index is 297. The van der Waals surface area contributed by atoms with Crippen molar-refractivity contribution in [2.75, 3.05) is 39.3 Å². The van der Waals surface area contributed by atoms with E-state index in [4.69, 9.17) is 0 Å². The Morgan fingerprint density at radius 1 is 1.06 bits per heavy atom. The third-order valence-electron chi connectivity index (χ3n) is 2.91. The van der Waals surface area contributed by atoms with E-state index in [-0.39, 0.29) is 5.97 Å². The maximum atomic E-state index is 10.2. The Labute approximate surface area is 104 Å². The fourth-order valence-corrected chi connectivity index (χ4v) is 2.16. The number of piperazine rings is 3. The van der Waals surface area contributed by atoms with Crippen molar-refractivity contribution in [2.45, 2.75) is 0 Å². The predicted octanol–water partition coefficient (Wildman–Crippen LogP) is 0.953. The minimum absolute atomic E-state index is 0.310. The number of esters is 1. The van der Waals surface area contributed by atoms with Crippen LogP contribution in [0.5, 0.6) is 0 Å². The van der Waals surface area contributed by atoms with Crippen LogP contribution in [0.25, 0.3) is 0 Å². The van der Waals surface area contributed by atoms with Crippen LogP contribution in [0.1, 0.15) is 0 Å². The number of carbonyl (C=O) groups is 1. The van der Waals surface area contributed by atoms with Crippen LogP contribution in [0.3, 0.4) is 0 Å². The molecule has 88 valence electrons. The van der Waals surface area contributed by atoms with Gasteiger partial charge in [0.05, 0.1) is 0 Å². The van der Waals surface area contributed by atoms with Crippen LogP contribution < -0.4 is 0 Å². The van der Waals surface area contributed by atoms with Gasteiger partial charge in [-0.2, -0.15) is 0 Å². The van der Waals surface area contributed by atoms with E-state index in [1.54, 1.807) is 11.1 Å². The molecule has 0 aromatic carbocycles. The number of cyclic esters (lactones) is 1. The minimum atomic E-state index is -0.310. The lowest BCUT2D eigenvalue weighted by Crippen LogP contribution is -2.55. The van der Waals surface area contributed by atoms with Crippen molar-refractivity contribution in [2.24, 2.45) is 0 Å². The average Bonchev–Trinajstić information content (AvgIpc) is 2.78. The van der Waals surface area contributed by atoms with E-state index in [2.05, 4.69) is 30.5 Å². The van der Waals surface area contributed by atoms with Crippen LogP contribution in [-0.4, -0.2) is 55.0 Å². The lowest BCUT2D eigenvalue weighted by atomic mass is 10.2. The van der Waals surface area contributed by atoms with Gasteiger partial charge < -0.3 is 4.74 Å². The highest BCUT2D eigenvalue weighted by Crippen LogP contribution is 2.09. The van der Waals surface area contributed by atoms with Gasteiger partial charge in [0, 0.05) is 50.3 Å². The molecule has 3 saturated heterocycles. The van der Waals surface area contributed by atoms with Crippen molar-refractivity contribution in [1.29, 1.82) is 0 Å². The van der Waals surface area contributed by atoms with Gasteiger partial charge >= 0.3 is 5.97 Å². The summed E-state index contributed by atoms with van der Waals surface area (Å²) >= 11 is 3.01. The van der Waals surface area contributed by atoms with Crippen LogP contribution in [0.4, 0.5) is 0 Å². The highest BCUT2D eigenvalue weighted by Gasteiger charge is 2.21. The number of fused-ring (bicyclic) bond motifs is 3. The maximum Gasteiger partial charge on any atom is 0.336 e. The van der Waals surface area contributed by atoms with E-state index >= 15 is 0 Å². The van der Waals surface area contributed by atoms with Crippen molar-refractivity contribution >= 4 is 21.9 Å². The fourth-order valence-electron chi connectivity index (χ4n) is 1.91. The van der Waals surface area contributed by atoms with Gasteiger partial charge in [0.1, 0.15) is 5.76 Å². The summed E-state index contributed by atoms with van der Waals surface area (Å²) < 4.78 is 4.57. The Balaban J connectivity index is 0.000000120. The number of nitrogens with zero attached hydrogens (tertiary/aromatic N) is 2. The van der Waals surface area contributed by atoms with Crippen molar-refractivity contribution in [3.63, 3.8) is 0 Å². The molecule has 0 aromatic rings. The normalized spacial score (nSPS) is 33.6. The van der Waals surface area contributed by atoms with Gasteiger partial charge in [0.2, 0.25) is 0 Å². The van der Waals surface area contributed by atoms with E-state index in [9.17, 15) is 4.79 Å². The summed E-state index contributed by atoms with van der Waals surface area (Å²) in [5.41, 5.74) is 0. The third-order valence-corrected chi connectivity index (χ3v) is 3.36. The van der Waals surface area contributed by atoms with Crippen LogP contribution in [0.2, 0.25) is 0 Å². The summed E-state index contributed by atoms with van der Waals surface area (Å²) in [5.74, 6) is 0.241. The molecule has 0 N–H and O–H groups in total. The number of rotatable bonds is 0. The average molecular weight is 287 g/mol. The topological polar surface area (TPSA) is 32.8 Å². The smallest absolute Gasteiger partial charge is 0.336 e. The summed E-state index contributed by atoms with van der Waals surface area (Å²) in [6.45, 7) is 7.92. The monoisotopic (exact) mass is 286 g/mol. The molecular weight excluding hydrogens is 272 g/mol.